The van der Waals surface area contributed by atoms with Crippen LogP contribution in [0.2, 0.25) is 0 Å². The molecule has 1 saturated heterocycles. The van der Waals surface area contributed by atoms with E-state index in [0.717, 1.165) is 37.3 Å². The van der Waals surface area contributed by atoms with Crippen molar-refractivity contribution < 1.29 is 24.3 Å². The molecule has 1 heterocycles. The van der Waals surface area contributed by atoms with Crippen LogP contribution in [0.4, 0.5) is 0 Å². The van der Waals surface area contributed by atoms with Gasteiger partial charge in [-0.2, -0.15) is 0 Å². The summed E-state index contributed by atoms with van der Waals surface area (Å²) in [6.45, 7) is 7.34. The number of aryl methyl sites for hydroxylation is 1. The molecule has 0 spiro atoms. The van der Waals surface area contributed by atoms with Gasteiger partial charge in [-0.15, -0.1) is 0 Å². The van der Waals surface area contributed by atoms with Crippen molar-refractivity contribution in [1.29, 1.82) is 0 Å². The maximum absolute atomic E-state index is 13.6. The average molecular weight is 580 g/mol. The van der Waals surface area contributed by atoms with Crippen LogP contribution >= 0.6 is 0 Å². The number of carboxylic acids is 1. The number of rotatable bonds is 15. The van der Waals surface area contributed by atoms with E-state index < -0.39 is 35.9 Å². The second-order valence-corrected chi connectivity index (χ2v) is 11.5. The molecule has 1 fully saturated rings. The summed E-state index contributed by atoms with van der Waals surface area (Å²) in [5.74, 6) is -2.38. The molecule has 0 aliphatic carbocycles. The Morgan fingerprint density at radius 3 is 1.88 bits per heavy atom. The molecule has 1 unspecified atom stereocenters. The fraction of sp³-hybridized carbons (Fsp3) is 0.500. The van der Waals surface area contributed by atoms with Gasteiger partial charge in [0.05, 0.1) is 6.54 Å². The van der Waals surface area contributed by atoms with Gasteiger partial charge >= 0.3 is 5.97 Å². The van der Waals surface area contributed by atoms with E-state index in [1.54, 1.807) is 12.1 Å². The maximum Gasteiger partial charge on any atom is 0.326 e. The molecule has 3 atom stereocenters. The predicted molar refractivity (Wildman–Crippen MR) is 162 cm³/mol. The van der Waals surface area contributed by atoms with Crippen LogP contribution in [0.3, 0.4) is 0 Å². The molecular weight excluding hydrogens is 534 g/mol. The van der Waals surface area contributed by atoms with Gasteiger partial charge in [0, 0.05) is 32.6 Å². The summed E-state index contributed by atoms with van der Waals surface area (Å²) in [5.41, 5.74) is 1.81. The number of carbonyl (C=O) groups excluding carboxylic acids is 3. The molecule has 0 aromatic heterocycles. The SMILES string of the molecule is CC(C)CC(NC(=O)[C@H](CCc1ccccc1)NC(=O)CN1CCN(C)CC1)C(=O)N[C@@H](Cc1ccccc1)C(=O)O. The third-order valence-electron chi connectivity index (χ3n) is 7.42. The lowest BCUT2D eigenvalue weighted by Crippen LogP contribution is -2.57. The predicted octanol–water partition coefficient (Wildman–Crippen LogP) is 1.69. The van der Waals surface area contributed by atoms with Crippen LogP contribution in [0.15, 0.2) is 60.7 Å². The largest absolute Gasteiger partial charge is 0.480 e. The van der Waals surface area contributed by atoms with Crippen molar-refractivity contribution in [2.24, 2.45) is 5.92 Å². The Hall–Kier alpha value is -3.76. The Morgan fingerprint density at radius 1 is 0.762 bits per heavy atom. The number of carbonyl (C=O) groups is 4. The minimum atomic E-state index is -1.15. The molecule has 2 aromatic rings. The van der Waals surface area contributed by atoms with Gasteiger partial charge in [0.25, 0.3) is 0 Å². The maximum atomic E-state index is 13.6. The summed E-state index contributed by atoms with van der Waals surface area (Å²) in [5, 5.41) is 18.1. The molecule has 0 saturated carbocycles. The number of nitrogens with zero attached hydrogens (tertiary/aromatic N) is 2. The van der Waals surface area contributed by atoms with Gasteiger partial charge < -0.3 is 26.0 Å². The molecule has 228 valence electrons. The zero-order valence-electron chi connectivity index (χ0n) is 24.9. The van der Waals surface area contributed by atoms with Gasteiger partial charge in [0.2, 0.25) is 17.7 Å². The van der Waals surface area contributed by atoms with E-state index in [9.17, 15) is 24.3 Å². The number of piperazine rings is 1. The van der Waals surface area contributed by atoms with Gasteiger partial charge in [-0.1, -0.05) is 74.5 Å². The Bertz CT molecular complexity index is 1150. The molecule has 3 rings (SSSR count). The second kappa shape index (κ2) is 16.6. The van der Waals surface area contributed by atoms with E-state index >= 15 is 0 Å². The normalized spacial score (nSPS) is 16.3. The summed E-state index contributed by atoms with van der Waals surface area (Å²) in [4.78, 5) is 56.2. The molecule has 10 heteroatoms. The van der Waals surface area contributed by atoms with Gasteiger partial charge in [-0.25, -0.2) is 4.79 Å². The standard InChI is InChI=1S/C32H45N5O5/c1-23(2)20-27(31(40)35-28(32(41)42)21-25-12-8-5-9-13-25)34-30(39)26(15-14-24-10-6-4-7-11-24)33-29(38)22-37-18-16-36(3)17-19-37/h4-13,23,26-28H,14-22H2,1-3H3,(H,33,38)(H,34,39)(H,35,40)(H,41,42)/t26-,27?,28-/m0/s1. The summed E-state index contributed by atoms with van der Waals surface area (Å²) >= 11 is 0. The number of amides is 3. The van der Waals surface area contributed by atoms with E-state index in [2.05, 4.69) is 25.8 Å². The fourth-order valence-electron chi connectivity index (χ4n) is 4.97. The summed E-state index contributed by atoms with van der Waals surface area (Å²) in [6, 6.07) is 15.8. The first kappa shape index (κ1) is 32.8. The van der Waals surface area contributed by atoms with Crippen molar-refractivity contribution in [2.75, 3.05) is 39.8 Å². The zero-order valence-corrected chi connectivity index (χ0v) is 24.9. The molecule has 42 heavy (non-hydrogen) atoms. The van der Waals surface area contributed by atoms with Crippen LogP contribution < -0.4 is 16.0 Å². The number of hydrogen-bond acceptors (Lipinski definition) is 6. The Morgan fingerprint density at radius 2 is 1.31 bits per heavy atom. The third kappa shape index (κ3) is 11.3. The van der Waals surface area contributed by atoms with E-state index in [1.165, 1.54) is 0 Å². The number of likely N-dealkylation sites (N-methyl/N-ethyl adjacent to an activating group) is 1. The Balaban J connectivity index is 1.70. The number of benzene rings is 2. The quantitative estimate of drug-likeness (QED) is 0.253. The first-order valence-corrected chi connectivity index (χ1v) is 14.7. The fourth-order valence-corrected chi connectivity index (χ4v) is 4.97. The molecule has 3 amide bonds. The van der Waals surface area contributed by atoms with Crippen LogP contribution in [0.5, 0.6) is 0 Å². The van der Waals surface area contributed by atoms with Crippen molar-refractivity contribution in [1.82, 2.24) is 25.8 Å². The average Bonchev–Trinajstić information content (AvgIpc) is 2.96. The first-order valence-electron chi connectivity index (χ1n) is 14.7. The van der Waals surface area contributed by atoms with Crippen LogP contribution in [0.1, 0.15) is 37.8 Å². The molecular formula is C32H45N5O5. The van der Waals surface area contributed by atoms with Crippen molar-refractivity contribution >= 4 is 23.7 Å². The lowest BCUT2D eigenvalue weighted by molar-refractivity contribution is -0.142. The highest BCUT2D eigenvalue weighted by atomic mass is 16.4. The minimum absolute atomic E-state index is 0.0491. The zero-order chi connectivity index (χ0) is 30.5. The molecule has 4 N–H and O–H groups in total. The van der Waals surface area contributed by atoms with Gasteiger partial charge in [-0.05, 0) is 43.4 Å². The van der Waals surface area contributed by atoms with Crippen molar-refractivity contribution in [2.45, 2.75) is 57.7 Å². The van der Waals surface area contributed by atoms with E-state index in [4.69, 9.17) is 0 Å². The van der Waals surface area contributed by atoms with E-state index in [1.807, 2.05) is 69.4 Å². The van der Waals surface area contributed by atoms with Crippen molar-refractivity contribution in [3.05, 3.63) is 71.8 Å². The monoisotopic (exact) mass is 579 g/mol. The molecule has 10 nitrogen and oxygen atoms in total. The first-order chi connectivity index (χ1) is 20.1. The number of carboxylic acid groups (broad SMARTS) is 1. The molecule has 1 aliphatic heterocycles. The topological polar surface area (TPSA) is 131 Å². The Labute approximate surface area is 248 Å². The third-order valence-corrected chi connectivity index (χ3v) is 7.42. The number of aliphatic carboxylic acids is 1. The number of hydrogen-bond donors (Lipinski definition) is 4. The highest BCUT2D eigenvalue weighted by Gasteiger charge is 2.30. The van der Waals surface area contributed by atoms with Crippen LogP contribution in [0.25, 0.3) is 0 Å². The lowest BCUT2D eigenvalue weighted by atomic mass is 10.00. The highest BCUT2D eigenvalue weighted by molar-refractivity contribution is 5.93. The van der Waals surface area contributed by atoms with Gasteiger partial charge in [0.15, 0.2) is 0 Å². The van der Waals surface area contributed by atoms with Crippen molar-refractivity contribution in [3.63, 3.8) is 0 Å². The minimum Gasteiger partial charge on any atom is -0.480 e. The summed E-state index contributed by atoms with van der Waals surface area (Å²) in [7, 11) is 2.05. The number of nitrogens with one attached hydrogen (secondary N) is 3. The van der Waals surface area contributed by atoms with Crippen molar-refractivity contribution in [3.8, 4) is 0 Å². The smallest absolute Gasteiger partial charge is 0.326 e. The van der Waals surface area contributed by atoms with Gasteiger partial charge in [-0.3, -0.25) is 19.3 Å². The Kier molecular flexibility index (Phi) is 13.0. The van der Waals surface area contributed by atoms with E-state index in [-0.39, 0.29) is 24.8 Å². The summed E-state index contributed by atoms with van der Waals surface area (Å²) < 4.78 is 0. The molecule has 1 aliphatic rings. The van der Waals surface area contributed by atoms with E-state index in [0.29, 0.717) is 19.3 Å². The molecule has 0 bridgehead atoms. The molecule has 0 radical (unpaired) electrons. The second-order valence-electron chi connectivity index (χ2n) is 11.5. The summed E-state index contributed by atoms with van der Waals surface area (Å²) in [6.07, 6.45) is 1.35. The highest BCUT2D eigenvalue weighted by Crippen LogP contribution is 2.11. The van der Waals surface area contributed by atoms with Crippen LogP contribution in [0, 0.1) is 5.92 Å². The van der Waals surface area contributed by atoms with Gasteiger partial charge in [0.1, 0.15) is 18.1 Å². The van der Waals surface area contributed by atoms with Crippen LogP contribution in [-0.4, -0.2) is 96.5 Å². The molecule has 2 aromatic carbocycles. The van der Waals surface area contributed by atoms with Crippen LogP contribution in [-0.2, 0) is 32.0 Å². The lowest BCUT2D eigenvalue weighted by Gasteiger charge is -2.32.